The molecule has 5 heteroatoms. The molecule has 0 spiro atoms. The molecule has 98 valence electrons. The van der Waals surface area contributed by atoms with Crippen LogP contribution in [0, 0.1) is 0 Å². The third kappa shape index (κ3) is 2.61. The third-order valence-corrected chi connectivity index (χ3v) is 4.28. The first-order chi connectivity index (χ1) is 8.05. The van der Waals surface area contributed by atoms with Gasteiger partial charge >= 0.3 is 0 Å². The lowest BCUT2D eigenvalue weighted by atomic mass is 9.78. The predicted octanol–water partition coefficient (Wildman–Crippen LogP) is -0.167. The van der Waals surface area contributed by atoms with Crippen molar-refractivity contribution >= 4 is 5.91 Å². The monoisotopic (exact) mass is 241 g/mol. The minimum atomic E-state index is -0.798. The number of ether oxygens (including phenoxy) is 1. The maximum atomic E-state index is 11.4. The zero-order chi connectivity index (χ0) is 12.5. The van der Waals surface area contributed by atoms with Gasteiger partial charge in [0.15, 0.2) is 0 Å². The van der Waals surface area contributed by atoms with Gasteiger partial charge in [0.25, 0.3) is 0 Å². The van der Waals surface area contributed by atoms with Crippen LogP contribution >= 0.6 is 0 Å². The topological polar surface area (TPSA) is 81.6 Å². The highest BCUT2D eigenvalue weighted by atomic mass is 16.5. The Kier molecular flexibility index (Phi) is 3.70. The minimum Gasteiger partial charge on any atom is -0.380 e. The van der Waals surface area contributed by atoms with Gasteiger partial charge in [-0.3, -0.25) is 9.69 Å². The molecule has 17 heavy (non-hydrogen) atoms. The fraction of sp³-hybridized carbons (Fsp3) is 0.917. The molecule has 0 radical (unpaired) electrons. The number of rotatable bonds is 3. The van der Waals surface area contributed by atoms with Crippen molar-refractivity contribution in [2.24, 2.45) is 11.5 Å². The van der Waals surface area contributed by atoms with E-state index in [1.165, 1.54) is 0 Å². The molecule has 1 aliphatic carbocycles. The first kappa shape index (κ1) is 12.8. The molecule has 1 saturated carbocycles. The average molecular weight is 241 g/mol. The molecule has 0 bridgehead atoms. The van der Waals surface area contributed by atoms with Gasteiger partial charge in [-0.1, -0.05) is 0 Å². The smallest absolute Gasteiger partial charge is 0.237 e. The Morgan fingerprint density at radius 2 is 2.24 bits per heavy atom. The van der Waals surface area contributed by atoms with Crippen molar-refractivity contribution in [3.63, 3.8) is 0 Å². The van der Waals surface area contributed by atoms with Gasteiger partial charge in [-0.25, -0.2) is 0 Å². The van der Waals surface area contributed by atoms with E-state index in [-0.39, 0.29) is 5.91 Å². The lowest BCUT2D eigenvalue weighted by Gasteiger charge is -2.39. The fourth-order valence-corrected chi connectivity index (χ4v) is 3.09. The highest BCUT2D eigenvalue weighted by Crippen LogP contribution is 2.31. The van der Waals surface area contributed by atoms with Crippen LogP contribution in [0.3, 0.4) is 0 Å². The average Bonchev–Trinajstić information content (AvgIpc) is 2.77. The summed E-state index contributed by atoms with van der Waals surface area (Å²) in [6.45, 7) is 1.99. The van der Waals surface area contributed by atoms with E-state index in [0.29, 0.717) is 18.6 Å². The first-order valence-corrected chi connectivity index (χ1v) is 6.41. The molecule has 1 amide bonds. The molecule has 1 aliphatic heterocycles. The summed E-state index contributed by atoms with van der Waals surface area (Å²) in [7, 11) is 1.76. The maximum absolute atomic E-state index is 11.4. The number of nitrogens with two attached hydrogens (primary N) is 2. The van der Waals surface area contributed by atoms with Gasteiger partial charge in [-0.15, -0.1) is 0 Å². The van der Waals surface area contributed by atoms with E-state index in [2.05, 4.69) is 4.90 Å². The van der Waals surface area contributed by atoms with E-state index >= 15 is 0 Å². The number of likely N-dealkylation sites (tertiary alicyclic amines) is 1. The standard InChI is InChI=1S/C12H23N3O2/c1-17-10-4-6-15(8-10)9-3-2-5-12(14,7-9)11(13)16/h9-10H,2-8,14H2,1H3,(H2,13,16). The Balaban J connectivity index is 1.96. The summed E-state index contributed by atoms with van der Waals surface area (Å²) in [5.74, 6) is -0.357. The second kappa shape index (κ2) is 4.92. The van der Waals surface area contributed by atoms with E-state index in [1.54, 1.807) is 7.11 Å². The number of hydrogen-bond donors (Lipinski definition) is 2. The van der Waals surface area contributed by atoms with Crippen LogP contribution < -0.4 is 11.5 Å². The van der Waals surface area contributed by atoms with Crippen LogP contribution in [0.1, 0.15) is 32.1 Å². The van der Waals surface area contributed by atoms with Crippen molar-refractivity contribution in [3.8, 4) is 0 Å². The normalized spacial score (nSPS) is 39.4. The number of amides is 1. The predicted molar refractivity (Wildman–Crippen MR) is 65.4 cm³/mol. The quantitative estimate of drug-likeness (QED) is 0.719. The van der Waals surface area contributed by atoms with Gasteiger partial charge in [-0.2, -0.15) is 0 Å². The van der Waals surface area contributed by atoms with Crippen molar-refractivity contribution < 1.29 is 9.53 Å². The molecule has 3 atom stereocenters. The molecule has 5 nitrogen and oxygen atoms in total. The summed E-state index contributed by atoms with van der Waals surface area (Å²) in [5, 5.41) is 0. The van der Waals surface area contributed by atoms with Gasteiger partial charge in [-0.05, 0) is 32.1 Å². The largest absolute Gasteiger partial charge is 0.380 e. The lowest BCUT2D eigenvalue weighted by Crippen LogP contribution is -2.58. The first-order valence-electron chi connectivity index (χ1n) is 6.41. The van der Waals surface area contributed by atoms with Gasteiger partial charge in [0.2, 0.25) is 5.91 Å². The minimum absolute atomic E-state index is 0.331. The summed E-state index contributed by atoms with van der Waals surface area (Å²) in [4.78, 5) is 13.8. The maximum Gasteiger partial charge on any atom is 0.237 e. The van der Waals surface area contributed by atoms with Gasteiger partial charge in [0.1, 0.15) is 0 Å². The fourth-order valence-electron chi connectivity index (χ4n) is 3.09. The Morgan fingerprint density at radius 3 is 2.82 bits per heavy atom. The van der Waals surface area contributed by atoms with E-state index in [1.807, 2.05) is 0 Å². The van der Waals surface area contributed by atoms with Gasteiger partial charge < -0.3 is 16.2 Å². The Morgan fingerprint density at radius 1 is 1.47 bits per heavy atom. The molecule has 0 aromatic heterocycles. The van der Waals surface area contributed by atoms with Crippen LogP contribution in [-0.2, 0) is 9.53 Å². The number of methoxy groups -OCH3 is 1. The molecule has 2 aliphatic rings. The van der Waals surface area contributed by atoms with E-state index < -0.39 is 5.54 Å². The van der Waals surface area contributed by atoms with Crippen LogP contribution in [0.4, 0.5) is 0 Å². The molecule has 3 unspecified atom stereocenters. The molecule has 2 fully saturated rings. The van der Waals surface area contributed by atoms with E-state index in [0.717, 1.165) is 38.8 Å². The highest BCUT2D eigenvalue weighted by Gasteiger charge is 2.41. The van der Waals surface area contributed by atoms with Crippen molar-refractivity contribution in [1.82, 2.24) is 4.90 Å². The number of hydrogen-bond acceptors (Lipinski definition) is 4. The van der Waals surface area contributed by atoms with Gasteiger partial charge in [0, 0.05) is 26.2 Å². The molecular formula is C12H23N3O2. The number of carbonyl (C=O) groups is 1. The van der Waals surface area contributed by atoms with Crippen molar-refractivity contribution in [3.05, 3.63) is 0 Å². The number of primary amides is 1. The van der Waals surface area contributed by atoms with Gasteiger partial charge in [0.05, 0.1) is 11.6 Å². The van der Waals surface area contributed by atoms with Crippen molar-refractivity contribution in [2.45, 2.75) is 49.8 Å². The summed E-state index contributed by atoms with van der Waals surface area (Å²) in [6.07, 6.45) is 4.92. The third-order valence-electron chi connectivity index (χ3n) is 4.28. The number of carbonyl (C=O) groups excluding carboxylic acids is 1. The molecule has 0 aromatic rings. The summed E-state index contributed by atoms with van der Waals surface area (Å²) < 4.78 is 5.37. The van der Waals surface area contributed by atoms with Crippen LogP contribution in [0.2, 0.25) is 0 Å². The zero-order valence-corrected chi connectivity index (χ0v) is 10.5. The summed E-state index contributed by atoms with van der Waals surface area (Å²) in [5.41, 5.74) is 10.7. The Hall–Kier alpha value is -0.650. The SMILES string of the molecule is COC1CCN(C2CCCC(N)(C(N)=O)C2)C1. The molecule has 4 N–H and O–H groups in total. The van der Waals surface area contributed by atoms with E-state index in [9.17, 15) is 4.79 Å². The van der Waals surface area contributed by atoms with E-state index in [4.69, 9.17) is 16.2 Å². The zero-order valence-electron chi connectivity index (χ0n) is 10.5. The molecule has 0 aromatic carbocycles. The number of nitrogens with zero attached hydrogens (tertiary/aromatic N) is 1. The second-order valence-electron chi connectivity index (χ2n) is 5.41. The molecule has 1 saturated heterocycles. The van der Waals surface area contributed by atoms with Crippen molar-refractivity contribution in [1.29, 1.82) is 0 Å². The Bertz CT molecular complexity index is 297. The Labute approximate surface area is 102 Å². The molecule has 2 rings (SSSR count). The van der Waals surface area contributed by atoms with Crippen LogP contribution in [0.5, 0.6) is 0 Å². The van der Waals surface area contributed by atoms with Crippen molar-refractivity contribution in [2.75, 3.05) is 20.2 Å². The van der Waals surface area contributed by atoms with Crippen LogP contribution in [0.25, 0.3) is 0 Å². The summed E-state index contributed by atoms with van der Waals surface area (Å²) in [6, 6.07) is 0.390. The lowest BCUT2D eigenvalue weighted by molar-refractivity contribution is -0.125. The molecule has 1 heterocycles. The van der Waals surface area contributed by atoms with Crippen LogP contribution in [-0.4, -0.2) is 48.7 Å². The van der Waals surface area contributed by atoms with Crippen LogP contribution in [0.15, 0.2) is 0 Å². The molecular weight excluding hydrogens is 218 g/mol. The second-order valence-corrected chi connectivity index (χ2v) is 5.41. The summed E-state index contributed by atoms with van der Waals surface area (Å²) >= 11 is 0. The highest BCUT2D eigenvalue weighted by molar-refractivity contribution is 5.84.